The van der Waals surface area contributed by atoms with Gasteiger partial charge in [-0.25, -0.2) is 8.78 Å². The first-order chi connectivity index (χ1) is 12.5. The molecule has 0 atom stereocenters. The maximum atomic E-state index is 13.3. The van der Waals surface area contributed by atoms with Crippen LogP contribution >= 0.6 is 0 Å². The minimum atomic E-state index is -1.06. The number of fused-ring (bicyclic) bond motifs is 1. The smallest absolute Gasteiger partial charge is 0.255 e. The fourth-order valence-corrected chi connectivity index (χ4v) is 3.30. The number of anilines is 2. The summed E-state index contributed by atoms with van der Waals surface area (Å²) in [6, 6.07) is 8.46. The summed E-state index contributed by atoms with van der Waals surface area (Å²) in [5.41, 5.74) is 2.53. The monoisotopic (exact) mass is 356 g/mol. The molecule has 0 unspecified atom stereocenters. The Labute approximate surface area is 149 Å². The van der Waals surface area contributed by atoms with E-state index in [1.807, 2.05) is 17.0 Å². The van der Waals surface area contributed by atoms with E-state index in [0.717, 1.165) is 55.6 Å². The lowest BCUT2D eigenvalue weighted by molar-refractivity contribution is -0.119. The zero-order valence-electron chi connectivity index (χ0n) is 14.1. The molecule has 2 amide bonds. The van der Waals surface area contributed by atoms with Crippen LogP contribution in [-0.4, -0.2) is 18.4 Å². The van der Waals surface area contributed by atoms with E-state index in [4.69, 9.17) is 0 Å². The number of nitrogens with zero attached hydrogens (tertiary/aromatic N) is 1. The van der Waals surface area contributed by atoms with E-state index in [1.54, 1.807) is 6.07 Å². The Bertz CT molecular complexity index is 893. The van der Waals surface area contributed by atoms with E-state index in [1.165, 1.54) is 6.07 Å². The number of benzene rings is 2. The van der Waals surface area contributed by atoms with Crippen LogP contribution in [0.1, 0.15) is 35.2 Å². The molecule has 26 heavy (non-hydrogen) atoms. The van der Waals surface area contributed by atoms with Crippen LogP contribution in [0.5, 0.6) is 0 Å². The van der Waals surface area contributed by atoms with Crippen LogP contribution in [0, 0.1) is 17.6 Å². The molecular formula is C20H18F2N2O2. The molecule has 134 valence electrons. The first kappa shape index (κ1) is 16.7. The van der Waals surface area contributed by atoms with Crippen molar-refractivity contribution in [3.8, 4) is 0 Å². The van der Waals surface area contributed by atoms with Crippen LogP contribution in [0.3, 0.4) is 0 Å². The molecule has 1 fully saturated rings. The second-order valence-electron chi connectivity index (χ2n) is 6.79. The fraction of sp³-hybridized carbons (Fsp3) is 0.300. The first-order valence-corrected chi connectivity index (χ1v) is 8.73. The van der Waals surface area contributed by atoms with Gasteiger partial charge in [0.2, 0.25) is 5.91 Å². The predicted octanol–water partition coefficient (Wildman–Crippen LogP) is 3.91. The highest BCUT2D eigenvalue weighted by Crippen LogP contribution is 2.36. The minimum absolute atomic E-state index is 0.0483. The van der Waals surface area contributed by atoms with Gasteiger partial charge in [0.1, 0.15) is 0 Å². The van der Waals surface area contributed by atoms with E-state index in [9.17, 15) is 18.4 Å². The molecule has 2 aliphatic rings. The van der Waals surface area contributed by atoms with Gasteiger partial charge in [0, 0.05) is 29.4 Å². The number of carbonyl (C=O) groups excluding carboxylic acids is 2. The zero-order chi connectivity index (χ0) is 18.3. The molecule has 4 nitrogen and oxygen atoms in total. The van der Waals surface area contributed by atoms with Gasteiger partial charge in [0.05, 0.1) is 0 Å². The highest BCUT2D eigenvalue weighted by Gasteiger charge is 2.35. The molecule has 1 saturated carbocycles. The van der Waals surface area contributed by atoms with Crippen molar-refractivity contribution in [2.75, 3.05) is 16.8 Å². The third kappa shape index (κ3) is 3.19. The topological polar surface area (TPSA) is 49.4 Å². The summed E-state index contributed by atoms with van der Waals surface area (Å²) < 4.78 is 26.3. The van der Waals surface area contributed by atoms with Gasteiger partial charge in [-0.3, -0.25) is 9.59 Å². The lowest BCUT2D eigenvalue weighted by Gasteiger charge is -2.30. The lowest BCUT2D eigenvalue weighted by Crippen LogP contribution is -2.36. The van der Waals surface area contributed by atoms with Crippen LogP contribution in [-0.2, 0) is 11.2 Å². The van der Waals surface area contributed by atoms with Crippen LogP contribution in [0.2, 0.25) is 0 Å². The highest BCUT2D eigenvalue weighted by atomic mass is 19.2. The summed E-state index contributed by atoms with van der Waals surface area (Å²) >= 11 is 0. The molecule has 4 rings (SSSR count). The first-order valence-electron chi connectivity index (χ1n) is 8.73. The predicted molar refractivity (Wildman–Crippen MR) is 94.2 cm³/mol. The molecule has 0 spiro atoms. The normalized spacial score (nSPS) is 16.2. The number of rotatable bonds is 3. The van der Waals surface area contributed by atoms with E-state index in [0.29, 0.717) is 5.69 Å². The van der Waals surface area contributed by atoms with E-state index in [-0.39, 0.29) is 17.4 Å². The van der Waals surface area contributed by atoms with Gasteiger partial charge >= 0.3 is 0 Å². The van der Waals surface area contributed by atoms with Gasteiger partial charge in [-0.05, 0) is 67.6 Å². The van der Waals surface area contributed by atoms with Gasteiger partial charge in [0.25, 0.3) is 5.91 Å². The molecule has 1 N–H and O–H groups in total. The van der Waals surface area contributed by atoms with E-state index >= 15 is 0 Å². The van der Waals surface area contributed by atoms with Crippen LogP contribution in [0.4, 0.5) is 20.2 Å². The summed E-state index contributed by atoms with van der Waals surface area (Å²) in [6.07, 6.45) is 3.64. The highest BCUT2D eigenvalue weighted by molar-refractivity contribution is 6.04. The third-order valence-electron chi connectivity index (χ3n) is 4.83. The second-order valence-corrected chi connectivity index (χ2v) is 6.79. The van der Waals surface area contributed by atoms with Crippen molar-refractivity contribution in [3.05, 3.63) is 59.2 Å². The van der Waals surface area contributed by atoms with Crippen molar-refractivity contribution < 1.29 is 18.4 Å². The van der Waals surface area contributed by atoms with Crippen molar-refractivity contribution in [2.45, 2.75) is 25.7 Å². The molecule has 1 heterocycles. The average Bonchev–Trinajstić information content (AvgIpc) is 3.48. The van der Waals surface area contributed by atoms with Gasteiger partial charge < -0.3 is 10.2 Å². The van der Waals surface area contributed by atoms with Crippen LogP contribution in [0.15, 0.2) is 36.4 Å². The SMILES string of the molecule is O=C(Nc1ccc2c(c1)CCCN2C(=O)C1CC1)c1ccc(F)c(F)c1. The minimum Gasteiger partial charge on any atom is -0.322 e. The summed E-state index contributed by atoms with van der Waals surface area (Å²) in [5.74, 6) is -2.21. The number of aryl methyl sites for hydroxylation is 1. The maximum Gasteiger partial charge on any atom is 0.255 e. The summed E-state index contributed by atoms with van der Waals surface area (Å²) in [4.78, 5) is 26.5. The standard InChI is InChI=1S/C20H18F2N2O2/c21-16-7-5-14(11-17(16)22)19(25)23-15-6-8-18-13(10-15)2-1-9-24(18)20(26)12-3-4-12/h5-8,10-12H,1-4,9H2,(H,23,25). The molecule has 0 bridgehead atoms. The molecule has 2 aromatic rings. The summed E-state index contributed by atoms with van der Waals surface area (Å²) in [5, 5.41) is 2.70. The van der Waals surface area contributed by atoms with Crippen molar-refractivity contribution in [2.24, 2.45) is 5.92 Å². The lowest BCUT2D eigenvalue weighted by atomic mass is 10.00. The molecule has 0 aromatic heterocycles. The quantitative estimate of drug-likeness (QED) is 0.907. The molecular weight excluding hydrogens is 338 g/mol. The maximum absolute atomic E-state index is 13.3. The average molecular weight is 356 g/mol. The van der Waals surface area contributed by atoms with E-state index < -0.39 is 17.5 Å². The van der Waals surface area contributed by atoms with Gasteiger partial charge in [-0.2, -0.15) is 0 Å². The second kappa shape index (κ2) is 6.52. The fourth-order valence-electron chi connectivity index (χ4n) is 3.30. The van der Waals surface area contributed by atoms with Gasteiger partial charge in [-0.1, -0.05) is 0 Å². The number of amides is 2. The Kier molecular flexibility index (Phi) is 4.18. The van der Waals surface area contributed by atoms with E-state index in [2.05, 4.69) is 5.32 Å². The molecule has 6 heteroatoms. The number of hydrogen-bond donors (Lipinski definition) is 1. The van der Waals surface area contributed by atoms with Crippen LogP contribution in [0.25, 0.3) is 0 Å². The molecule has 0 saturated heterocycles. The molecule has 1 aliphatic heterocycles. The molecule has 2 aromatic carbocycles. The molecule has 1 aliphatic carbocycles. The Morgan fingerprint density at radius 1 is 1.04 bits per heavy atom. The zero-order valence-corrected chi connectivity index (χ0v) is 14.1. The number of hydrogen-bond acceptors (Lipinski definition) is 2. The van der Waals surface area contributed by atoms with Crippen molar-refractivity contribution >= 4 is 23.2 Å². The Morgan fingerprint density at radius 3 is 2.58 bits per heavy atom. The van der Waals surface area contributed by atoms with Crippen molar-refractivity contribution in [1.29, 1.82) is 0 Å². The summed E-state index contributed by atoms with van der Waals surface area (Å²) in [6.45, 7) is 0.725. The number of nitrogens with one attached hydrogen (secondary N) is 1. The third-order valence-corrected chi connectivity index (χ3v) is 4.83. The van der Waals surface area contributed by atoms with Crippen molar-refractivity contribution in [3.63, 3.8) is 0 Å². The molecule has 0 radical (unpaired) electrons. The van der Waals surface area contributed by atoms with Crippen molar-refractivity contribution in [1.82, 2.24) is 0 Å². The number of carbonyl (C=O) groups is 2. The van der Waals surface area contributed by atoms with Gasteiger partial charge in [0.15, 0.2) is 11.6 Å². The van der Waals surface area contributed by atoms with Gasteiger partial charge in [-0.15, -0.1) is 0 Å². The number of halogens is 2. The Balaban J connectivity index is 1.54. The Hall–Kier alpha value is -2.76. The van der Waals surface area contributed by atoms with Crippen LogP contribution < -0.4 is 10.2 Å². The largest absolute Gasteiger partial charge is 0.322 e. The Morgan fingerprint density at radius 2 is 1.85 bits per heavy atom. The summed E-state index contributed by atoms with van der Waals surface area (Å²) in [7, 11) is 0.